The van der Waals surface area contributed by atoms with E-state index in [-0.39, 0.29) is 29.8 Å². The van der Waals surface area contributed by atoms with Crippen molar-refractivity contribution in [3.8, 4) is 0 Å². The van der Waals surface area contributed by atoms with E-state index < -0.39 is 28.6 Å². The van der Waals surface area contributed by atoms with Gasteiger partial charge in [-0.15, -0.1) is 0 Å². The van der Waals surface area contributed by atoms with Gasteiger partial charge in [0.05, 0.1) is 23.2 Å². The summed E-state index contributed by atoms with van der Waals surface area (Å²) in [5.41, 5.74) is -1.80. The van der Waals surface area contributed by atoms with E-state index in [0.717, 1.165) is 6.42 Å². The molecule has 4 aliphatic rings. The predicted octanol–water partition coefficient (Wildman–Crippen LogP) is 1.14. The fourth-order valence-corrected chi connectivity index (χ4v) is 6.14. The second kappa shape index (κ2) is 4.77. The Balaban J connectivity index is 1.83. The molecule has 0 aliphatic heterocycles. The number of ketones is 2. The van der Waals surface area contributed by atoms with Gasteiger partial charge in [-0.25, -0.2) is 0 Å². The highest BCUT2D eigenvalue weighted by atomic mass is 16.3. The summed E-state index contributed by atoms with van der Waals surface area (Å²) in [5.74, 6) is -0.337. The third kappa shape index (κ3) is 1.76. The SMILES string of the molecule is C[C@]12C[C@H](O)[C@H](O)C[C@@H]1C(=O)C=C1[C@@H]2CC[C@]2(C)C(=O)CC[C@@]12O. The quantitative estimate of drug-likeness (QED) is 0.618. The Morgan fingerprint density at radius 3 is 2.50 bits per heavy atom. The standard InChI is InChI=1S/C19H26O5/c1-17-9-15(22)14(21)8-12(17)13(20)7-11-10(17)3-5-18(2)16(23)4-6-19(11,18)24/h7,10,12,14-15,21-22,24H,3-6,8-9H2,1-2H3/t10-,12+,14+,15-,17+,18+,19+/m0/s1. The van der Waals surface area contributed by atoms with Crippen molar-refractivity contribution in [3.63, 3.8) is 0 Å². The molecule has 4 rings (SSSR count). The molecule has 7 atom stereocenters. The molecule has 0 saturated heterocycles. The zero-order valence-corrected chi connectivity index (χ0v) is 14.3. The van der Waals surface area contributed by atoms with Crippen molar-refractivity contribution in [1.29, 1.82) is 0 Å². The number of aliphatic hydroxyl groups is 3. The van der Waals surface area contributed by atoms with Gasteiger partial charge in [-0.05, 0) is 62.0 Å². The normalized spacial score (nSPS) is 54.0. The molecule has 0 aromatic rings. The van der Waals surface area contributed by atoms with Crippen molar-refractivity contribution in [3.05, 3.63) is 11.6 Å². The lowest BCUT2D eigenvalue weighted by Crippen LogP contribution is -2.60. The summed E-state index contributed by atoms with van der Waals surface area (Å²) in [6.45, 7) is 3.84. The highest BCUT2D eigenvalue weighted by Crippen LogP contribution is 2.64. The first-order chi connectivity index (χ1) is 11.1. The van der Waals surface area contributed by atoms with Crippen LogP contribution in [0.25, 0.3) is 0 Å². The molecule has 3 N–H and O–H groups in total. The van der Waals surface area contributed by atoms with Crippen molar-refractivity contribution < 1.29 is 24.9 Å². The van der Waals surface area contributed by atoms with E-state index in [1.807, 2.05) is 13.8 Å². The third-order valence-corrected chi connectivity index (χ3v) is 7.83. The Hall–Kier alpha value is -1.04. The molecule has 0 amide bonds. The van der Waals surface area contributed by atoms with Gasteiger partial charge in [0.1, 0.15) is 5.78 Å². The molecule has 0 bridgehead atoms. The molecule has 0 unspecified atom stereocenters. The van der Waals surface area contributed by atoms with Gasteiger partial charge in [-0.2, -0.15) is 0 Å². The van der Waals surface area contributed by atoms with E-state index in [1.54, 1.807) is 6.08 Å². The number of Topliss-reactive ketones (excluding diaryl/α,β-unsaturated/α-hetero) is 1. The lowest BCUT2D eigenvalue weighted by Gasteiger charge is -2.58. The Bertz CT molecular complexity index is 654. The van der Waals surface area contributed by atoms with Gasteiger partial charge in [0.15, 0.2) is 5.78 Å². The van der Waals surface area contributed by atoms with Crippen molar-refractivity contribution in [1.82, 2.24) is 0 Å². The Labute approximate surface area is 141 Å². The molecule has 3 fully saturated rings. The molecular weight excluding hydrogens is 308 g/mol. The summed E-state index contributed by atoms with van der Waals surface area (Å²) in [7, 11) is 0. The van der Waals surface area contributed by atoms with Gasteiger partial charge in [-0.1, -0.05) is 6.92 Å². The van der Waals surface area contributed by atoms with Gasteiger partial charge in [-0.3, -0.25) is 9.59 Å². The maximum atomic E-state index is 12.8. The van der Waals surface area contributed by atoms with Gasteiger partial charge >= 0.3 is 0 Å². The van der Waals surface area contributed by atoms with Crippen molar-refractivity contribution in [2.75, 3.05) is 0 Å². The largest absolute Gasteiger partial charge is 0.390 e. The zero-order chi connectivity index (χ0) is 17.5. The van der Waals surface area contributed by atoms with Crippen LogP contribution < -0.4 is 0 Å². The molecule has 0 aromatic carbocycles. The maximum Gasteiger partial charge on any atom is 0.159 e. The predicted molar refractivity (Wildman–Crippen MR) is 86.0 cm³/mol. The van der Waals surface area contributed by atoms with Crippen LogP contribution in [0.3, 0.4) is 0 Å². The molecule has 0 spiro atoms. The maximum absolute atomic E-state index is 12.8. The van der Waals surface area contributed by atoms with Crippen LogP contribution in [0.5, 0.6) is 0 Å². The number of carbonyl (C=O) groups excluding carboxylic acids is 2. The second-order valence-electron chi connectivity index (χ2n) is 8.84. The third-order valence-electron chi connectivity index (χ3n) is 7.83. The fourth-order valence-electron chi connectivity index (χ4n) is 6.14. The summed E-state index contributed by atoms with van der Waals surface area (Å²) >= 11 is 0. The Kier molecular flexibility index (Phi) is 3.27. The molecule has 4 aliphatic carbocycles. The minimum Gasteiger partial charge on any atom is -0.390 e. The lowest BCUT2D eigenvalue weighted by atomic mass is 9.47. The molecule has 0 aromatic heterocycles. The van der Waals surface area contributed by atoms with Crippen molar-refractivity contribution in [2.24, 2.45) is 22.7 Å². The summed E-state index contributed by atoms with van der Waals surface area (Å²) < 4.78 is 0. The van der Waals surface area contributed by atoms with E-state index in [9.17, 15) is 24.9 Å². The number of rotatable bonds is 0. The van der Waals surface area contributed by atoms with Crippen LogP contribution in [-0.2, 0) is 9.59 Å². The van der Waals surface area contributed by atoms with E-state index in [0.29, 0.717) is 31.3 Å². The van der Waals surface area contributed by atoms with E-state index in [1.165, 1.54) is 0 Å². The number of hydrogen-bond acceptors (Lipinski definition) is 5. The topological polar surface area (TPSA) is 94.8 Å². The van der Waals surface area contributed by atoms with Gasteiger partial charge in [0.25, 0.3) is 0 Å². The first kappa shape index (κ1) is 16.4. The molecule has 3 saturated carbocycles. The van der Waals surface area contributed by atoms with E-state index in [4.69, 9.17) is 0 Å². The number of fused-ring (bicyclic) bond motifs is 5. The molecule has 0 heterocycles. The van der Waals surface area contributed by atoms with Gasteiger partial charge < -0.3 is 15.3 Å². The lowest BCUT2D eigenvalue weighted by molar-refractivity contribution is -0.154. The summed E-state index contributed by atoms with van der Waals surface area (Å²) in [6.07, 6.45) is 2.56. The average molecular weight is 334 g/mol. The molecule has 24 heavy (non-hydrogen) atoms. The van der Waals surface area contributed by atoms with Crippen LogP contribution in [-0.4, -0.2) is 44.7 Å². The minimum atomic E-state index is -1.24. The minimum absolute atomic E-state index is 0.0219. The van der Waals surface area contributed by atoms with Crippen LogP contribution >= 0.6 is 0 Å². The van der Waals surface area contributed by atoms with E-state index in [2.05, 4.69) is 0 Å². The zero-order valence-electron chi connectivity index (χ0n) is 14.3. The van der Waals surface area contributed by atoms with Gasteiger partial charge in [0.2, 0.25) is 0 Å². The fraction of sp³-hybridized carbons (Fsp3) is 0.789. The van der Waals surface area contributed by atoms with Crippen molar-refractivity contribution >= 4 is 11.6 Å². The number of aliphatic hydroxyl groups excluding tert-OH is 2. The Morgan fingerprint density at radius 2 is 1.79 bits per heavy atom. The molecule has 132 valence electrons. The van der Waals surface area contributed by atoms with Crippen molar-refractivity contribution in [2.45, 2.75) is 70.2 Å². The number of carbonyl (C=O) groups is 2. The first-order valence-electron chi connectivity index (χ1n) is 9.01. The summed E-state index contributed by atoms with van der Waals surface area (Å²) in [6, 6.07) is 0. The summed E-state index contributed by atoms with van der Waals surface area (Å²) in [5, 5.41) is 31.6. The highest BCUT2D eigenvalue weighted by Gasteiger charge is 2.66. The smallest absolute Gasteiger partial charge is 0.159 e. The molecule has 5 heteroatoms. The summed E-state index contributed by atoms with van der Waals surface area (Å²) in [4.78, 5) is 25.2. The molecule has 5 nitrogen and oxygen atoms in total. The highest BCUT2D eigenvalue weighted by molar-refractivity contribution is 5.96. The second-order valence-corrected chi connectivity index (χ2v) is 8.84. The average Bonchev–Trinajstić information content (AvgIpc) is 2.75. The van der Waals surface area contributed by atoms with Crippen LogP contribution in [0, 0.1) is 22.7 Å². The van der Waals surface area contributed by atoms with Crippen LogP contribution in [0.4, 0.5) is 0 Å². The van der Waals surface area contributed by atoms with Crippen LogP contribution in [0.15, 0.2) is 11.6 Å². The van der Waals surface area contributed by atoms with Crippen LogP contribution in [0.1, 0.15) is 52.4 Å². The molecular formula is C19H26O5. The number of allylic oxidation sites excluding steroid dienone is 1. The van der Waals surface area contributed by atoms with Gasteiger partial charge in [0, 0.05) is 12.3 Å². The monoisotopic (exact) mass is 334 g/mol. The number of hydrogen-bond donors (Lipinski definition) is 3. The van der Waals surface area contributed by atoms with E-state index >= 15 is 0 Å². The molecule has 0 radical (unpaired) electrons. The van der Waals surface area contributed by atoms with Crippen LogP contribution in [0.2, 0.25) is 0 Å². The first-order valence-corrected chi connectivity index (χ1v) is 9.01. The Morgan fingerprint density at radius 1 is 1.08 bits per heavy atom.